The first-order valence-electron chi connectivity index (χ1n) is 16.5. The number of fused-ring (bicyclic) bond motifs is 5. The number of carbonyl (C=O) groups is 1. The van der Waals surface area contributed by atoms with Crippen LogP contribution in [-0.4, -0.2) is 126 Å². The van der Waals surface area contributed by atoms with Gasteiger partial charge in [-0.1, -0.05) is 6.92 Å². The zero-order valence-electron chi connectivity index (χ0n) is 27.1. The zero-order valence-corrected chi connectivity index (χ0v) is 27.1. The molecule has 0 aromatic rings. The number of methoxy groups -OCH3 is 1. The zero-order chi connectivity index (χ0) is 33.3. The van der Waals surface area contributed by atoms with E-state index in [9.17, 15) is 45.6 Å². The molecular formula is C33H54O12. The number of carbonyl (C=O) groups excluding carboxylic acids is 1. The fourth-order valence-electron chi connectivity index (χ4n) is 9.58. The standard InChI is InChI=1S/C33H54O12/c1-29(2,40)9-8-26(45-33(43-5)16-44-15-24(37)27(38)28(33)39)31(4,41)25-7-11-32(42)20-14-21(34)19-13-23(36)22(35)12-18(19)17(20)6-10-30(25,32)3/h14,17-19,22-28,35-42H,6-13,15-16H2,1-5H3/t17?,18?,19?,22?,23?,24-,25?,26?,27-,28-,30?,31-,32?,33+/m1/s1. The molecule has 1 heterocycles. The van der Waals surface area contributed by atoms with E-state index in [1.807, 2.05) is 6.92 Å². The van der Waals surface area contributed by atoms with Gasteiger partial charge in [0.05, 0.1) is 41.7 Å². The van der Waals surface area contributed by atoms with Gasteiger partial charge in [-0.05, 0) is 102 Å². The van der Waals surface area contributed by atoms with E-state index in [1.54, 1.807) is 26.8 Å². The second-order valence-electron chi connectivity index (χ2n) is 15.6. The molecule has 12 nitrogen and oxygen atoms in total. The maximum absolute atomic E-state index is 13.4. The Labute approximate surface area is 265 Å². The maximum Gasteiger partial charge on any atom is 0.221 e. The molecule has 258 valence electrons. The molecule has 0 radical (unpaired) electrons. The Hall–Kier alpha value is -1.03. The van der Waals surface area contributed by atoms with Crippen LogP contribution >= 0.6 is 0 Å². The molecule has 8 N–H and O–H groups in total. The number of hydrogen-bond acceptors (Lipinski definition) is 12. The van der Waals surface area contributed by atoms with Gasteiger partial charge in [0.1, 0.15) is 24.9 Å². The lowest BCUT2D eigenvalue weighted by molar-refractivity contribution is -0.338. The molecule has 0 aromatic heterocycles. The predicted molar refractivity (Wildman–Crippen MR) is 159 cm³/mol. The molecule has 4 aliphatic carbocycles. The summed E-state index contributed by atoms with van der Waals surface area (Å²) in [5.74, 6) is -3.41. The van der Waals surface area contributed by atoms with Gasteiger partial charge in [-0.25, -0.2) is 0 Å². The van der Waals surface area contributed by atoms with Crippen molar-refractivity contribution in [3.63, 3.8) is 0 Å². The first-order valence-corrected chi connectivity index (χ1v) is 16.5. The summed E-state index contributed by atoms with van der Waals surface area (Å²) >= 11 is 0. The molecule has 0 aromatic carbocycles. The minimum Gasteiger partial charge on any atom is -0.390 e. The number of allylic oxidation sites excluding steroid dienone is 1. The SMILES string of the molecule is CO[C@]1(OC(CCC(C)(C)O)[C@](C)(O)C2CCC3(O)C4=CC(=O)C5CC(O)C(O)CC5C4CCC23C)COC[C@@H](O)[C@@H](O)[C@H]1O. The molecule has 5 rings (SSSR count). The third-order valence-corrected chi connectivity index (χ3v) is 12.3. The van der Waals surface area contributed by atoms with E-state index >= 15 is 0 Å². The first kappa shape index (κ1) is 35.3. The van der Waals surface area contributed by atoms with E-state index in [4.69, 9.17) is 14.2 Å². The van der Waals surface area contributed by atoms with E-state index < -0.39 is 76.5 Å². The molecule has 14 atom stereocenters. The molecule has 12 heteroatoms. The number of ether oxygens (including phenoxy) is 3. The van der Waals surface area contributed by atoms with Crippen molar-refractivity contribution in [1.29, 1.82) is 0 Å². The van der Waals surface area contributed by atoms with Crippen LogP contribution in [0, 0.1) is 29.1 Å². The summed E-state index contributed by atoms with van der Waals surface area (Å²) < 4.78 is 17.6. The van der Waals surface area contributed by atoms with Gasteiger partial charge in [-0.15, -0.1) is 0 Å². The Morgan fingerprint density at radius 3 is 2.31 bits per heavy atom. The topological polar surface area (TPSA) is 207 Å². The van der Waals surface area contributed by atoms with Crippen LogP contribution in [0.2, 0.25) is 0 Å². The lowest BCUT2D eigenvalue weighted by Crippen LogP contribution is -2.64. The van der Waals surface area contributed by atoms with Gasteiger partial charge >= 0.3 is 0 Å². The summed E-state index contributed by atoms with van der Waals surface area (Å²) in [7, 11) is 1.27. The van der Waals surface area contributed by atoms with Crippen LogP contribution in [0.4, 0.5) is 0 Å². The van der Waals surface area contributed by atoms with Crippen molar-refractivity contribution in [3.8, 4) is 0 Å². The van der Waals surface area contributed by atoms with E-state index in [2.05, 4.69) is 0 Å². The fraction of sp³-hybridized carbons (Fsp3) is 0.909. The molecular weight excluding hydrogens is 588 g/mol. The summed E-state index contributed by atoms with van der Waals surface area (Å²) in [6, 6.07) is 0. The van der Waals surface area contributed by atoms with Gasteiger partial charge in [-0.3, -0.25) is 4.79 Å². The van der Waals surface area contributed by atoms with Gasteiger partial charge in [0.15, 0.2) is 5.78 Å². The molecule has 0 amide bonds. The maximum atomic E-state index is 13.4. The monoisotopic (exact) mass is 642 g/mol. The smallest absolute Gasteiger partial charge is 0.221 e. The number of ketones is 1. The van der Waals surface area contributed by atoms with Crippen LogP contribution in [0.25, 0.3) is 0 Å². The van der Waals surface area contributed by atoms with Crippen LogP contribution in [-0.2, 0) is 19.0 Å². The fourth-order valence-corrected chi connectivity index (χ4v) is 9.58. The van der Waals surface area contributed by atoms with Crippen molar-refractivity contribution in [1.82, 2.24) is 0 Å². The summed E-state index contributed by atoms with van der Waals surface area (Å²) in [5, 5.41) is 88.5. The number of rotatable bonds is 8. The largest absolute Gasteiger partial charge is 0.390 e. The first-order chi connectivity index (χ1) is 20.8. The van der Waals surface area contributed by atoms with Crippen LogP contribution in [0.15, 0.2) is 11.6 Å². The highest BCUT2D eigenvalue weighted by atomic mass is 16.7. The van der Waals surface area contributed by atoms with Crippen LogP contribution < -0.4 is 0 Å². The Bertz CT molecular complexity index is 1140. The van der Waals surface area contributed by atoms with Gasteiger partial charge in [0, 0.05) is 18.4 Å². The average molecular weight is 643 g/mol. The average Bonchev–Trinajstić information content (AvgIpc) is 3.20. The predicted octanol–water partition coefficient (Wildman–Crippen LogP) is -0.0562. The van der Waals surface area contributed by atoms with Gasteiger partial charge in [0.2, 0.25) is 5.79 Å². The van der Waals surface area contributed by atoms with Crippen molar-refractivity contribution in [2.24, 2.45) is 29.1 Å². The van der Waals surface area contributed by atoms with Gasteiger partial charge < -0.3 is 55.1 Å². The lowest BCUT2D eigenvalue weighted by Gasteiger charge is -2.58. The molecule has 1 aliphatic heterocycles. The Morgan fingerprint density at radius 1 is 1.00 bits per heavy atom. The Kier molecular flexibility index (Phi) is 9.52. The second-order valence-corrected chi connectivity index (χ2v) is 15.6. The number of aliphatic hydroxyl groups excluding tert-OH is 5. The minimum atomic E-state index is -1.96. The summed E-state index contributed by atoms with van der Waals surface area (Å²) in [6.45, 7) is 6.19. The molecule has 45 heavy (non-hydrogen) atoms. The summed E-state index contributed by atoms with van der Waals surface area (Å²) in [6.07, 6.45) is -3.59. The van der Waals surface area contributed by atoms with E-state index in [1.165, 1.54) is 7.11 Å². The summed E-state index contributed by atoms with van der Waals surface area (Å²) in [4.78, 5) is 13.4. The Morgan fingerprint density at radius 2 is 1.67 bits per heavy atom. The van der Waals surface area contributed by atoms with Crippen LogP contribution in [0.1, 0.15) is 79.1 Å². The molecule has 1 saturated heterocycles. The van der Waals surface area contributed by atoms with Crippen LogP contribution in [0.3, 0.4) is 0 Å². The summed E-state index contributed by atoms with van der Waals surface area (Å²) in [5.41, 5.74) is -4.49. The Balaban J connectivity index is 1.49. The highest BCUT2D eigenvalue weighted by molar-refractivity contribution is 5.94. The van der Waals surface area contributed by atoms with Crippen molar-refractivity contribution in [3.05, 3.63) is 11.6 Å². The van der Waals surface area contributed by atoms with E-state index in [0.29, 0.717) is 24.8 Å². The molecule has 9 unspecified atom stereocenters. The quantitative estimate of drug-likeness (QED) is 0.164. The second kappa shape index (κ2) is 12.1. The van der Waals surface area contributed by atoms with Crippen molar-refractivity contribution in [2.45, 2.75) is 138 Å². The van der Waals surface area contributed by atoms with E-state index in [0.717, 1.165) is 0 Å². The number of hydrogen-bond donors (Lipinski definition) is 8. The minimum absolute atomic E-state index is 0.117. The van der Waals surface area contributed by atoms with Crippen LogP contribution in [0.5, 0.6) is 0 Å². The van der Waals surface area contributed by atoms with Crippen molar-refractivity contribution < 1.29 is 59.9 Å². The van der Waals surface area contributed by atoms with Gasteiger partial charge in [0.25, 0.3) is 0 Å². The van der Waals surface area contributed by atoms with Gasteiger partial charge in [-0.2, -0.15) is 0 Å². The highest BCUT2D eigenvalue weighted by Crippen LogP contribution is 2.66. The van der Waals surface area contributed by atoms with E-state index in [-0.39, 0.29) is 62.9 Å². The third-order valence-electron chi connectivity index (χ3n) is 12.3. The molecule has 4 fully saturated rings. The van der Waals surface area contributed by atoms with Crippen molar-refractivity contribution in [2.75, 3.05) is 20.3 Å². The third kappa shape index (κ3) is 5.86. The highest BCUT2D eigenvalue weighted by Gasteiger charge is 2.68. The number of aliphatic hydroxyl groups is 8. The molecule has 5 aliphatic rings. The molecule has 0 spiro atoms. The molecule has 0 bridgehead atoms. The lowest BCUT2D eigenvalue weighted by atomic mass is 9.50. The normalized spacial score (nSPS) is 47.5. The molecule has 3 saturated carbocycles. The van der Waals surface area contributed by atoms with Crippen molar-refractivity contribution >= 4 is 5.78 Å².